The van der Waals surface area contributed by atoms with Gasteiger partial charge in [0.15, 0.2) is 5.78 Å². The summed E-state index contributed by atoms with van der Waals surface area (Å²) in [5, 5.41) is 9.36. The minimum Gasteiger partial charge on any atom is -0.292 e. The molecule has 0 aliphatic heterocycles. The van der Waals surface area contributed by atoms with Crippen LogP contribution in [0.1, 0.15) is 33.0 Å². The van der Waals surface area contributed by atoms with Gasteiger partial charge in [0.1, 0.15) is 5.92 Å². The molecule has 0 N–H and O–H groups in total. The van der Waals surface area contributed by atoms with Gasteiger partial charge in [-0.3, -0.25) is 4.79 Å². The monoisotopic (exact) mass is 327 g/mol. The first-order valence-electron chi connectivity index (χ1n) is 6.29. The minimum absolute atomic E-state index is 0.143. The molecule has 0 bridgehead atoms. The highest BCUT2D eigenvalue weighted by molar-refractivity contribution is 9.10. The number of aryl methyl sites for hydroxylation is 2. The van der Waals surface area contributed by atoms with Gasteiger partial charge in [0, 0.05) is 10.0 Å². The third-order valence-corrected chi connectivity index (χ3v) is 3.78. The molecule has 0 spiro atoms. The predicted octanol–water partition coefficient (Wildman–Crippen LogP) is 4.56. The molecule has 0 fully saturated rings. The van der Waals surface area contributed by atoms with Crippen LogP contribution in [0.2, 0.25) is 0 Å². The Morgan fingerprint density at radius 3 is 2.40 bits per heavy atom. The maximum atomic E-state index is 12.6. The third-order valence-electron chi connectivity index (χ3n) is 3.25. The molecule has 0 saturated carbocycles. The van der Waals surface area contributed by atoms with Gasteiger partial charge in [-0.15, -0.1) is 0 Å². The van der Waals surface area contributed by atoms with Gasteiger partial charge in [0.25, 0.3) is 0 Å². The van der Waals surface area contributed by atoms with Gasteiger partial charge in [-0.2, -0.15) is 5.26 Å². The van der Waals surface area contributed by atoms with Crippen molar-refractivity contribution < 1.29 is 4.79 Å². The van der Waals surface area contributed by atoms with Gasteiger partial charge in [0.05, 0.1) is 6.07 Å². The van der Waals surface area contributed by atoms with Crippen molar-refractivity contribution in [2.75, 3.05) is 0 Å². The topological polar surface area (TPSA) is 40.9 Å². The van der Waals surface area contributed by atoms with E-state index in [1.165, 1.54) is 0 Å². The molecule has 2 aromatic rings. The summed E-state index contributed by atoms with van der Waals surface area (Å²) >= 11 is 3.35. The summed E-state index contributed by atoms with van der Waals surface area (Å²) in [6.07, 6.45) is 0. The quantitative estimate of drug-likeness (QED) is 0.775. The van der Waals surface area contributed by atoms with Crippen LogP contribution in [-0.2, 0) is 0 Å². The van der Waals surface area contributed by atoms with Crippen LogP contribution in [0.3, 0.4) is 0 Å². The lowest BCUT2D eigenvalue weighted by molar-refractivity contribution is 0.0978. The van der Waals surface area contributed by atoms with Crippen molar-refractivity contribution in [2.45, 2.75) is 19.8 Å². The molecule has 3 heteroatoms. The zero-order valence-corrected chi connectivity index (χ0v) is 12.9. The van der Waals surface area contributed by atoms with E-state index in [0.717, 1.165) is 21.2 Å². The van der Waals surface area contributed by atoms with E-state index >= 15 is 0 Å². The third kappa shape index (κ3) is 2.97. The van der Waals surface area contributed by atoms with Crippen molar-refractivity contribution in [1.29, 1.82) is 5.26 Å². The van der Waals surface area contributed by atoms with Crippen molar-refractivity contribution in [1.82, 2.24) is 0 Å². The van der Waals surface area contributed by atoms with E-state index in [-0.39, 0.29) is 5.78 Å². The summed E-state index contributed by atoms with van der Waals surface area (Å²) in [5.41, 5.74) is 3.27. The molecule has 20 heavy (non-hydrogen) atoms. The van der Waals surface area contributed by atoms with Crippen molar-refractivity contribution in [3.05, 3.63) is 69.2 Å². The molecule has 0 heterocycles. The van der Waals surface area contributed by atoms with E-state index in [2.05, 4.69) is 22.0 Å². The molecule has 0 aromatic heterocycles. The van der Waals surface area contributed by atoms with Crippen LogP contribution < -0.4 is 0 Å². The van der Waals surface area contributed by atoms with E-state index in [4.69, 9.17) is 0 Å². The Bertz CT molecular complexity index is 683. The number of carbonyl (C=O) groups is 1. The fourth-order valence-corrected chi connectivity index (χ4v) is 2.36. The Balaban J connectivity index is 2.42. The Kier molecular flexibility index (Phi) is 4.36. The number of halogens is 1. The highest BCUT2D eigenvalue weighted by Gasteiger charge is 2.23. The van der Waals surface area contributed by atoms with Crippen LogP contribution in [0.25, 0.3) is 0 Å². The zero-order valence-electron chi connectivity index (χ0n) is 11.4. The molecular weight excluding hydrogens is 314 g/mol. The van der Waals surface area contributed by atoms with Crippen LogP contribution in [-0.4, -0.2) is 5.78 Å². The second-order valence-corrected chi connectivity index (χ2v) is 5.71. The molecule has 0 saturated heterocycles. The standard InChI is InChI=1S/C17H14BrNO/c1-11-3-4-12(2)15(9-11)17(20)16(10-19)13-5-7-14(18)8-6-13/h3-9,16H,1-2H3. The zero-order chi connectivity index (χ0) is 14.7. The number of Topliss-reactive ketones (excluding diaryl/α,β-unsaturated/α-hetero) is 1. The van der Waals surface area contributed by atoms with E-state index in [9.17, 15) is 10.1 Å². The molecular formula is C17H14BrNO. The molecule has 2 nitrogen and oxygen atoms in total. The van der Waals surface area contributed by atoms with Crippen LogP contribution >= 0.6 is 15.9 Å². The molecule has 1 atom stereocenters. The molecule has 1 unspecified atom stereocenters. The van der Waals surface area contributed by atoms with E-state index < -0.39 is 5.92 Å². The average Bonchev–Trinajstić information content (AvgIpc) is 2.44. The van der Waals surface area contributed by atoms with Crippen LogP contribution in [0.5, 0.6) is 0 Å². The fourth-order valence-electron chi connectivity index (χ4n) is 2.10. The van der Waals surface area contributed by atoms with Crippen molar-refractivity contribution in [3.63, 3.8) is 0 Å². The highest BCUT2D eigenvalue weighted by Crippen LogP contribution is 2.24. The van der Waals surface area contributed by atoms with Crippen LogP contribution in [0, 0.1) is 25.2 Å². The number of ketones is 1. The first-order chi connectivity index (χ1) is 9.52. The number of nitriles is 1. The van der Waals surface area contributed by atoms with Gasteiger partial charge in [-0.25, -0.2) is 0 Å². The Morgan fingerprint density at radius 2 is 1.80 bits per heavy atom. The van der Waals surface area contributed by atoms with Crippen molar-refractivity contribution >= 4 is 21.7 Å². The van der Waals surface area contributed by atoms with Gasteiger partial charge in [-0.1, -0.05) is 45.8 Å². The number of rotatable bonds is 3. The summed E-state index contributed by atoms with van der Waals surface area (Å²) in [6.45, 7) is 3.83. The molecule has 2 aromatic carbocycles. The summed E-state index contributed by atoms with van der Waals surface area (Å²) in [5.74, 6) is -0.903. The smallest absolute Gasteiger partial charge is 0.184 e. The SMILES string of the molecule is Cc1ccc(C)c(C(=O)C(C#N)c2ccc(Br)cc2)c1. The number of hydrogen-bond acceptors (Lipinski definition) is 2. The lowest BCUT2D eigenvalue weighted by Crippen LogP contribution is -2.12. The van der Waals surface area contributed by atoms with Crippen LogP contribution in [0.4, 0.5) is 0 Å². The largest absolute Gasteiger partial charge is 0.292 e. The van der Waals surface area contributed by atoms with Crippen molar-refractivity contribution in [2.24, 2.45) is 0 Å². The number of hydrogen-bond donors (Lipinski definition) is 0. The minimum atomic E-state index is -0.761. The average molecular weight is 328 g/mol. The van der Waals surface area contributed by atoms with Gasteiger partial charge in [-0.05, 0) is 43.2 Å². The second kappa shape index (κ2) is 6.02. The summed E-state index contributed by atoms with van der Waals surface area (Å²) in [7, 11) is 0. The van der Waals surface area contributed by atoms with Gasteiger partial charge < -0.3 is 0 Å². The summed E-state index contributed by atoms with van der Waals surface area (Å²) in [4.78, 5) is 12.6. The number of benzene rings is 2. The molecule has 0 aliphatic carbocycles. The number of nitrogens with zero attached hydrogens (tertiary/aromatic N) is 1. The van der Waals surface area contributed by atoms with Crippen LogP contribution in [0.15, 0.2) is 46.9 Å². The summed E-state index contributed by atoms with van der Waals surface area (Å²) in [6, 6.07) is 15.1. The first kappa shape index (κ1) is 14.5. The van der Waals surface area contributed by atoms with E-state index in [1.54, 1.807) is 12.1 Å². The molecule has 2 rings (SSSR count). The molecule has 0 aliphatic rings. The number of carbonyl (C=O) groups excluding carboxylic acids is 1. The Labute approximate surface area is 127 Å². The second-order valence-electron chi connectivity index (χ2n) is 4.80. The Morgan fingerprint density at radius 1 is 1.15 bits per heavy atom. The molecule has 0 radical (unpaired) electrons. The molecule has 100 valence electrons. The fraction of sp³-hybridized carbons (Fsp3) is 0.176. The van der Waals surface area contributed by atoms with Crippen molar-refractivity contribution in [3.8, 4) is 6.07 Å². The van der Waals surface area contributed by atoms with E-state index in [1.807, 2.05) is 44.2 Å². The van der Waals surface area contributed by atoms with Gasteiger partial charge >= 0.3 is 0 Å². The lowest BCUT2D eigenvalue weighted by atomic mass is 9.89. The van der Waals surface area contributed by atoms with Gasteiger partial charge in [0.2, 0.25) is 0 Å². The Hall–Kier alpha value is -1.92. The molecule has 0 amide bonds. The van der Waals surface area contributed by atoms with E-state index in [0.29, 0.717) is 5.56 Å². The normalized spacial score (nSPS) is 11.7. The lowest BCUT2D eigenvalue weighted by Gasteiger charge is -2.11. The maximum Gasteiger partial charge on any atom is 0.184 e. The predicted molar refractivity (Wildman–Crippen MR) is 82.7 cm³/mol. The highest BCUT2D eigenvalue weighted by atomic mass is 79.9. The first-order valence-corrected chi connectivity index (χ1v) is 7.09. The maximum absolute atomic E-state index is 12.6. The summed E-state index contributed by atoms with van der Waals surface area (Å²) < 4.78 is 0.928.